The van der Waals surface area contributed by atoms with Crippen LogP contribution < -0.4 is 0 Å². The van der Waals surface area contributed by atoms with Crippen molar-refractivity contribution in [2.75, 3.05) is 6.61 Å². The average molecular weight is 343 g/mol. The highest BCUT2D eigenvalue weighted by molar-refractivity contribution is 7.80. The number of carboxylic acid groups (broad SMARTS) is 1. The predicted molar refractivity (Wildman–Crippen MR) is 92.5 cm³/mol. The van der Waals surface area contributed by atoms with Crippen molar-refractivity contribution in [3.63, 3.8) is 0 Å². The van der Waals surface area contributed by atoms with Gasteiger partial charge in [-0.25, -0.2) is 0 Å². The van der Waals surface area contributed by atoms with E-state index >= 15 is 0 Å². The normalized spacial score (nSPS) is 15.8. The Bertz CT molecular complexity index is 782. The molecule has 0 aliphatic carbocycles. The van der Waals surface area contributed by atoms with Gasteiger partial charge in [0.05, 0.1) is 24.6 Å². The van der Waals surface area contributed by atoms with Crippen molar-refractivity contribution in [1.82, 2.24) is 4.57 Å². The van der Waals surface area contributed by atoms with Gasteiger partial charge in [-0.3, -0.25) is 9.59 Å². The maximum Gasteiger partial charge on any atom is 0.306 e. The van der Waals surface area contributed by atoms with E-state index in [4.69, 9.17) is 22.1 Å². The monoisotopic (exact) mass is 343 g/mol. The van der Waals surface area contributed by atoms with Crippen LogP contribution in [0.4, 0.5) is 0 Å². The maximum atomic E-state index is 12.6. The van der Waals surface area contributed by atoms with Gasteiger partial charge in [0.25, 0.3) is 0 Å². The van der Waals surface area contributed by atoms with E-state index in [2.05, 4.69) is 0 Å². The topological polar surface area (TPSA) is 68.5 Å². The van der Waals surface area contributed by atoms with Gasteiger partial charge in [0.2, 0.25) is 5.78 Å². The standard InChI is InChI=1S/C18H17NO4S/c20-16(21)9-11-23-18(24)13-8-10-19-14(13)6-7-15(19)17(22)12-4-2-1-3-5-12/h1-7,13H,8-11H2,(H,20,21). The van der Waals surface area contributed by atoms with Crippen molar-refractivity contribution in [2.45, 2.75) is 25.3 Å². The maximum absolute atomic E-state index is 12.6. The van der Waals surface area contributed by atoms with Gasteiger partial charge in [0.1, 0.15) is 0 Å². The van der Waals surface area contributed by atoms with Gasteiger partial charge in [0, 0.05) is 17.8 Å². The molecule has 1 aromatic heterocycles. The summed E-state index contributed by atoms with van der Waals surface area (Å²) in [6.07, 6.45) is 0.683. The Morgan fingerprint density at radius 3 is 2.67 bits per heavy atom. The van der Waals surface area contributed by atoms with Crippen molar-refractivity contribution in [1.29, 1.82) is 0 Å². The Labute approximate surface area is 144 Å². The lowest BCUT2D eigenvalue weighted by Gasteiger charge is -2.12. The number of carboxylic acids is 1. The van der Waals surface area contributed by atoms with E-state index in [-0.39, 0.29) is 24.7 Å². The lowest BCUT2D eigenvalue weighted by atomic mass is 10.1. The lowest BCUT2D eigenvalue weighted by molar-refractivity contribution is -0.137. The Morgan fingerprint density at radius 2 is 1.96 bits per heavy atom. The molecule has 0 amide bonds. The van der Waals surface area contributed by atoms with E-state index in [9.17, 15) is 9.59 Å². The number of ether oxygens (including phenoxy) is 1. The molecule has 0 fully saturated rings. The quantitative estimate of drug-likeness (QED) is 0.645. The molecule has 1 aliphatic rings. The van der Waals surface area contributed by atoms with E-state index in [0.717, 1.165) is 12.1 Å². The first-order valence-corrected chi connectivity index (χ1v) is 8.16. The largest absolute Gasteiger partial charge is 0.486 e. The van der Waals surface area contributed by atoms with Gasteiger partial charge in [-0.15, -0.1) is 0 Å². The zero-order valence-corrected chi connectivity index (χ0v) is 13.8. The Morgan fingerprint density at radius 1 is 1.21 bits per heavy atom. The summed E-state index contributed by atoms with van der Waals surface area (Å²) in [5, 5.41) is 9.05. The van der Waals surface area contributed by atoms with E-state index in [1.165, 1.54) is 0 Å². The molecule has 0 saturated heterocycles. The first-order chi connectivity index (χ1) is 11.6. The van der Waals surface area contributed by atoms with Crippen LogP contribution in [0.2, 0.25) is 0 Å². The zero-order valence-electron chi connectivity index (χ0n) is 13.0. The van der Waals surface area contributed by atoms with Gasteiger partial charge in [-0.2, -0.15) is 0 Å². The number of aromatic nitrogens is 1. The fraction of sp³-hybridized carbons (Fsp3) is 0.278. The average Bonchev–Trinajstić information content (AvgIpc) is 3.16. The van der Waals surface area contributed by atoms with Gasteiger partial charge < -0.3 is 14.4 Å². The molecule has 1 aromatic carbocycles. The molecule has 124 valence electrons. The number of hydrogen-bond donors (Lipinski definition) is 1. The van der Waals surface area contributed by atoms with Gasteiger partial charge in [-0.1, -0.05) is 30.3 Å². The first kappa shape index (κ1) is 16.4. The third-order valence-corrected chi connectivity index (χ3v) is 4.53. The van der Waals surface area contributed by atoms with Crippen LogP contribution in [0.15, 0.2) is 42.5 Å². The van der Waals surface area contributed by atoms with Crippen LogP contribution in [0.1, 0.15) is 40.5 Å². The molecule has 5 nitrogen and oxygen atoms in total. The van der Waals surface area contributed by atoms with Gasteiger partial charge in [0.15, 0.2) is 5.05 Å². The van der Waals surface area contributed by atoms with E-state index in [1.807, 2.05) is 34.9 Å². The molecular formula is C18H17NO4S. The molecule has 1 aliphatic heterocycles. The second kappa shape index (κ2) is 6.97. The van der Waals surface area contributed by atoms with Crippen molar-refractivity contribution in [2.24, 2.45) is 0 Å². The summed E-state index contributed by atoms with van der Waals surface area (Å²) in [6.45, 7) is 0.768. The fourth-order valence-electron chi connectivity index (χ4n) is 2.96. The second-order valence-corrected chi connectivity index (χ2v) is 6.05. The number of hydrogen-bond acceptors (Lipinski definition) is 4. The molecular weight excluding hydrogens is 326 g/mol. The summed E-state index contributed by atoms with van der Waals surface area (Å²) in [4.78, 5) is 23.2. The summed E-state index contributed by atoms with van der Waals surface area (Å²) in [6, 6.07) is 12.9. The number of ketones is 1. The van der Waals surface area contributed by atoms with Crippen molar-refractivity contribution >= 4 is 29.0 Å². The van der Waals surface area contributed by atoms with Gasteiger partial charge >= 0.3 is 5.97 Å². The summed E-state index contributed by atoms with van der Waals surface area (Å²) in [5.41, 5.74) is 2.25. The Kier molecular flexibility index (Phi) is 4.76. The molecule has 1 atom stereocenters. The van der Waals surface area contributed by atoms with Crippen molar-refractivity contribution < 1.29 is 19.4 Å². The molecule has 2 heterocycles. The number of rotatable bonds is 6. The SMILES string of the molecule is O=C(O)CCOC(=S)C1CCn2c(C(=O)c3ccccc3)ccc21. The molecule has 3 rings (SSSR count). The number of carbonyl (C=O) groups is 2. The minimum atomic E-state index is -0.914. The molecule has 1 N–H and O–H groups in total. The molecule has 24 heavy (non-hydrogen) atoms. The summed E-state index contributed by atoms with van der Waals surface area (Å²) in [7, 11) is 0. The first-order valence-electron chi connectivity index (χ1n) is 7.75. The molecule has 0 saturated carbocycles. The van der Waals surface area contributed by atoms with Crippen molar-refractivity contribution in [3.8, 4) is 0 Å². The van der Waals surface area contributed by atoms with Crippen molar-refractivity contribution in [3.05, 3.63) is 59.4 Å². The molecule has 6 heteroatoms. The summed E-state index contributed by atoms with van der Waals surface area (Å²) >= 11 is 5.30. The highest BCUT2D eigenvalue weighted by Gasteiger charge is 2.30. The number of carbonyl (C=O) groups excluding carboxylic acids is 1. The van der Waals surface area contributed by atoms with Crippen LogP contribution >= 0.6 is 12.2 Å². The minimum absolute atomic E-state index is 0.0137. The third kappa shape index (κ3) is 3.23. The smallest absolute Gasteiger partial charge is 0.306 e. The number of fused-ring (bicyclic) bond motifs is 1. The number of benzene rings is 1. The lowest BCUT2D eigenvalue weighted by Crippen LogP contribution is -2.14. The van der Waals surface area contributed by atoms with Crippen LogP contribution in [-0.4, -0.2) is 33.1 Å². The molecule has 0 spiro atoms. The zero-order chi connectivity index (χ0) is 17.1. The number of nitrogens with zero attached hydrogens (tertiary/aromatic N) is 1. The minimum Gasteiger partial charge on any atom is -0.486 e. The van der Waals surface area contributed by atoms with Crippen LogP contribution in [-0.2, 0) is 16.1 Å². The molecule has 2 aromatic rings. The van der Waals surface area contributed by atoms with E-state index in [0.29, 0.717) is 22.9 Å². The molecule has 0 radical (unpaired) electrons. The highest BCUT2D eigenvalue weighted by atomic mass is 32.1. The van der Waals surface area contributed by atoms with E-state index < -0.39 is 5.97 Å². The predicted octanol–water partition coefficient (Wildman–Crippen LogP) is 3.03. The number of thiocarbonyl (C=S) groups is 1. The van der Waals surface area contributed by atoms with E-state index in [1.54, 1.807) is 12.1 Å². The Hall–Kier alpha value is -2.47. The van der Waals surface area contributed by atoms with Crippen LogP contribution in [0.3, 0.4) is 0 Å². The van der Waals surface area contributed by atoms with Crippen LogP contribution in [0.25, 0.3) is 0 Å². The highest BCUT2D eigenvalue weighted by Crippen LogP contribution is 2.33. The second-order valence-electron chi connectivity index (χ2n) is 5.64. The van der Waals surface area contributed by atoms with Gasteiger partial charge in [-0.05, 0) is 30.8 Å². The Balaban J connectivity index is 1.75. The molecule has 1 unspecified atom stereocenters. The van der Waals surface area contributed by atoms with Crippen LogP contribution in [0.5, 0.6) is 0 Å². The molecule has 0 bridgehead atoms. The fourth-order valence-corrected chi connectivity index (χ4v) is 3.28. The summed E-state index contributed by atoms with van der Waals surface area (Å²) < 4.78 is 7.38. The summed E-state index contributed by atoms with van der Waals surface area (Å²) in [5.74, 6) is -1.00. The third-order valence-electron chi connectivity index (χ3n) is 4.13. The van der Waals surface area contributed by atoms with Crippen LogP contribution in [0, 0.1) is 0 Å². The number of aliphatic carboxylic acids is 1.